The van der Waals surface area contributed by atoms with E-state index in [2.05, 4.69) is 4.98 Å². The van der Waals surface area contributed by atoms with Crippen LogP contribution in [0.3, 0.4) is 0 Å². The maximum atomic E-state index is 12.8. The van der Waals surface area contributed by atoms with Gasteiger partial charge in [-0.05, 0) is 12.1 Å². The molecule has 6 nitrogen and oxygen atoms in total. The summed E-state index contributed by atoms with van der Waals surface area (Å²) >= 11 is 0. The molecule has 2 aromatic rings. The van der Waals surface area contributed by atoms with E-state index in [4.69, 9.17) is 5.11 Å². The number of carboxylic acids is 1. The predicted molar refractivity (Wildman–Crippen MR) is 89.8 cm³/mol. The highest BCUT2D eigenvalue weighted by Crippen LogP contribution is 2.23. The zero-order chi connectivity index (χ0) is 17.1. The number of anilines is 1. The maximum absolute atomic E-state index is 12.8. The van der Waals surface area contributed by atoms with Crippen LogP contribution in [0.5, 0.6) is 0 Å². The largest absolute Gasteiger partial charge is 0.481 e. The number of carbonyl (C=O) groups is 2. The summed E-state index contributed by atoms with van der Waals surface area (Å²) < 4.78 is 0. The molecule has 1 aromatic heterocycles. The quantitative estimate of drug-likeness (QED) is 0.914. The standard InChI is InChI=1S/C17H21N3O3/c1-11(17(22)23)10-20(4)16(21)13-9-15(19(2)3)18-14-8-6-5-7-12(13)14/h5-9,11H,10H2,1-4H3,(H,22,23). The number of aliphatic carboxylic acids is 1. The average Bonchev–Trinajstić information content (AvgIpc) is 2.52. The van der Waals surface area contributed by atoms with Gasteiger partial charge in [0, 0.05) is 33.1 Å². The molecule has 6 heteroatoms. The molecule has 1 N–H and O–H groups in total. The zero-order valence-electron chi connectivity index (χ0n) is 13.8. The van der Waals surface area contributed by atoms with Crippen molar-refractivity contribution in [1.29, 1.82) is 0 Å². The third-order valence-electron chi connectivity index (χ3n) is 3.71. The number of aromatic nitrogens is 1. The van der Waals surface area contributed by atoms with Crippen LogP contribution in [-0.4, -0.2) is 54.6 Å². The second-order valence-corrected chi connectivity index (χ2v) is 5.86. The Bertz CT molecular complexity index is 743. The normalized spacial score (nSPS) is 12.0. The molecule has 0 spiro atoms. The van der Waals surface area contributed by atoms with Gasteiger partial charge in [0.2, 0.25) is 0 Å². The summed E-state index contributed by atoms with van der Waals surface area (Å²) in [6, 6.07) is 9.18. The number of pyridine rings is 1. The van der Waals surface area contributed by atoms with Gasteiger partial charge in [-0.1, -0.05) is 25.1 Å². The van der Waals surface area contributed by atoms with Crippen molar-refractivity contribution in [2.75, 3.05) is 32.6 Å². The summed E-state index contributed by atoms with van der Waals surface area (Å²) in [6.07, 6.45) is 0. The molecular formula is C17H21N3O3. The number of carbonyl (C=O) groups excluding carboxylic acids is 1. The van der Waals surface area contributed by atoms with E-state index in [1.165, 1.54) is 4.90 Å². The molecular weight excluding hydrogens is 294 g/mol. The molecule has 0 aliphatic heterocycles. The van der Waals surface area contributed by atoms with E-state index >= 15 is 0 Å². The van der Waals surface area contributed by atoms with Gasteiger partial charge in [-0.2, -0.15) is 0 Å². The fourth-order valence-corrected chi connectivity index (χ4v) is 2.34. The van der Waals surface area contributed by atoms with E-state index in [-0.39, 0.29) is 12.5 Å². The molecule has 0 saturated carbocycles. The molecule has 0 radical (unpaired) electrons. The Morgan fingerprint density at radius 2 is 1.87 bits per heavy atom. The highest BCUT2D eigenvalue weighted by Gasteiger charge is 2.21. The highest BCUT2D eigenvalue weighted by molar-refractivity contribution is 6.07. The van der Waals surface area contributed by atoms with Crippen molar-refractivity contribution in [2.24, 2.45) is 5.92 Å². The Hall–Kier alpha value is -2.63. The molecule has 23 heavy (non-hydrogen) atoms. The van der Waals surface area contributed by atoms with Crippen molar-refractivity contribution >= 4 is 28.6 Å². The Kier molecular flexibility index (Phi) is 4.83. The average molecular weight is 315 g/mol. The van der Waals surface area contributed by atoms with Crippen molar-refractivity contribution in [3.05, 3.63) is 35.9 Å². The van der Waals surface area contributed by atoms with Gasteiger partial charge in [0.1, 0.15) is 5.82 Å². The summed E-state index contributed by atoms with van der Waals surface area (Å²) in [5.41, 5.74) is 1.26. The SMILES string of the molecule is CC(CN(C)C(=O)c1cc(N(C)C)nc2ccccc12)C(=O)O. The summed E-state index contributed by atoms with van der Waals surface area (Å²) in [5, 5.41) is 9.78. The van der Waals surface area contributed by atoms with Gasteiger partial charge in [-0.25, -0.2) is 4.98 Å². The number of carboxylic acid groups (broad SMARTS) is 1. The van der Waals surface area contributed by atoms with Crippen LogP contribution in [0, 0.1) is 5.92 Å². The molecule has 0 fully saturated rings. The number of fused-ring (bicyclic) bond motifs is 1. The highest BCUT2D eigenvalue weighted by atomic mass is 16.4. The first-order valence-corrected chi connectivity index (χ1v) is 7.36. The molecule has 1 aromatic carbocycles. The van der Waals surface area contributed by atoms with Crippen LogP contribution in [-0.2, 0) is 4.79 Å². The van der Waals surface area contributed by atoms with E-state index in [1.807, 2.05) is 43.3 Å². The van der Waals surface area contributed by atoms with Crippen molar-refractivity contribution in [3.8, 4) is 0 Å². The van der Waals surface area contributed by atoms with E-state index in [1.54, 1.807) is 20.0 Å². The first kappa shape index (κ1) is 16.7. The predicted octanol–water partition coefficient (Wildman–Crippen LogP) is 2.09. The summed E-state index contributed by atoms with van der Waals surface area (Å²) in [4.78, 5) is 31.6. The number of hydrogen-bond donors (Lipinski definition) is 1. The fourth-order valence-electron chi connectivity index (χ4n) is 2.34. The van der Waals surface area contributed by atoms with Crippen LogP contribution in [0.4, 0.5) is 5.82 Å². The minimum absolute atomic E-state index is 0.155. The van der Waals surface area contributed by atoms with Gasteiger partial charge in [0.25, 0.3) is 5.91 Å². The summed E-state index contributed by atoms with van der Waals surface area (Å²) in [7, 11) is 5.34. The van der Waals surface area contributed by atoms with Crippen molar-refractivity contribution in [1.82, 2.24) is 9.88 Å². The molecule has 1 atom stereocenters. The van der Waals surface area contributed by atoms with Crippen LogP contribution in [0.2, 0.25) is 0 Å². The maximum Gasteiger partial charge on any atom is 0.308 e. The lowest BCUT2D eigenvalue weighted by molar-refractivity contribution is -0.141. The third-order valence-corrected chi connectivity index (χ3v) is 3.71. The second-order valence-electron chi connectivity index (χ2n) is 5.86. The fraction of sp³-hybridized carbons (Fsp3) is 0.353. The number of rotatable bonds is 5. The molecule has 1 heterocycles. The Balaban J connectivity index is 2.44. The molecule has 2 rings (SSSR count). The number of nitrogens with zero attached hydrogens (tertiary/aromatic N) is 3. The molecule has 1 amide bonds. The number of amides is 1. The van der Waals surface area contributed by atoms with E-state index < -0.39 is 11.9 Å². The van der Waals surface area contributed by atoms with E-state index in [0.29, 0.717) is 11.4 Å². The second kappa shape index (κ2) is 6.64. The van der Waals surface area contributed by atoms with Crippen molar-refractivity contribution in [3.63, 3.8) is 0 Å². The van der Waals surface area contributed by atoms with Gasteiger partial charge in [-0.15, -0.1) is 0 Å². The minimum atomic E-state index is -0.918. The van der Waals surface area contributed by atoms with Gasteiger partial charge in [-0.3, -0.25) is 9.59 Å². The lowest BCUT2D eigenvalue weighted by Gasteiger charge is -2.21. The van der Waals surface area contributed by atoms with Gasteiger partial charge in [0.15, 0.2) is 0 Å². The first-order valence-electron chi connectivity index (χ1n) is 7.36. The Morgan fingerprint density at radius 1 is 1.22 bits per heavy atom. The van der Waals surface area contributed by atoms with Crippen molar-refractivity contribution in [2.45, 2.75) is 6.92 Å². The molecule has 0 aliphatic carbocycles. The Morgan fingerprint density at radius 3 is 2.48 bits per heavy atom. The molecule has 1 unspecified atom stereocenters. The lowest BCUT2D eigenvalue weighted by Crippen LogP contribution is -2.34. The van der Waals surface area contributed by atoms with Gasteiger partial charge in [0.05, 0.1) is 17.0 Å². The number of hydrogen-bond acceptors (Lipinski definition) is 4. The monoisotopic (exact) mass is 315 g/mol. The van der Waals surface area contributed by atoms with Crippen molar-refractivity contribution < 1.29 is 14.7 Å². The first-order chi connectivity index (χ1) is 10.8. The number of para-hydroxylation sites is 1. The Labute approximate surface area is 135 Å². The van der Waals surface area contributed by atoms with Crippen LogP contribution >= 0.6 is 0 Å². The minimum Gasteiger partial charge on any atom is -0.481 e. The summed E-state index contributed by atoms with van der Waals surface area (Å²) in [6.45, 7) is 1.74. The number of benzene rings is 1. The smallest absolute Gasteiger partial charge is 0.308 e. The van der Waals surface area contributed by atoms with Crippen LogP contribution in [0.1, 0.15) is 17.3 Å². The van der Waals surface area contributed by atoms with E-state index in [0.717, 1.165) is 10.9 Å². The molecule has 0 saturated heterocycles. The lowest BCUT2D eigenvalue weighted by atomic mass is 10.1. The van der Waals surface area contributed by atoms with Crippen LogP contribution in [0.25, 0.3) is 10.9 Å². The molecule has 122 valence electrons. The van der Waals surface area contributed by atoms with Gasteiger partial charge >= 0.3 is 5.97 Å². The van der Waals surface area contributed by atoms with E-state index in [9.17, 15) is 9.59 Å². The summed E-state index contributed by atoms with van der Waals surface area (Å²) in [5.74, 6) is -1.06. The zero-order valence-corrected chi connectivity index (χ0v) is 13.8. The molecule has 0 bridgehead atoms. The molecule has 0 aliphatic rings. The van der Waals surface area contributed by atoms with Gasteiger partial charge < -0.3 is 14.9 Å². The topological polar surface area (TPSA) is 73.7 Å². The van der Waals surface area contributed by atoms with Crippen LogP contribution < -0.4 is 4.90 Å². The third kappa shape index (κ3) is 3.59. The van der Waals surface area contributed by atoms with Crippen LogP contribution in [0.15, 0.2) is 30.3 Å².